The van der Waals surface area contributed by atoms with Gasteiger partial charge in [-0.15, -0.1) is 0 Å². The van der Waals surface area contributed by atoms with E-state index in [1.807, 2.05) is 11.8 Å². The van der Waals surface area contributed by atoms with Crippen LogP contribution in [0.3, 0.4) is 0 Å². The quantitative estimate of drug-likeness (QED) is 0.815. The predicted molar refractivity (Wildman–Crippen MR) is 80.8 cm³/mol. The lowest BCUT2D eigenvalue weighted by Crippen LogP contribution is -2.61. The number of hydrogen-bond acceptors (Lipinski definition) is 3. The zero-order chi connectivity index (χ0) is 15.9. The van der Waals surface area contributed by atoms with E-state index in [1.165, 1.54) is 5.57 Å². The summed E-state index contributed by atoms with van der Waals surface area (Å²) < 4.78 is 0. The molecule has 1 atom stereocenters. The largest absolute Gasteiger partial charge is 0.359 e. The van der Waals surface area contributed by atoms with Crippen LogP contribution in [0.15, 0.2) is 11.1 Å². The first-order chi connectivity index (χ1) is 10.5. The molecule has 2 fully saturated rings. The Kier molecular flexibility index (Phi) is 3.93. The second-order valence-electron chi connectivity index (χ2n) is 6.54. The normalized spacial score (nSPS) is 25.7. The molecule has 3 amide bonds. The Morgan fingerprint density at radius 2 is 1.91 bits per heavy atom. The molecule has 2 heterocycles. The van der Waals surface area contributed by atoms with Gasteiger partial charge in [0, 0.05) is 38.7 Å². The highest BCUT2D eigenvalue weighted by Gasteiger charge is 2.43. The van der Waals surface area contributed by atoms with Crippen molar-refractivity contribution in [3.8, 4) is 0 Å². The highest BCUT2D eigenvalue weighted by Crippen LogP contribution is 2.30. The van der Waals surface area contributed by atoms with Gasteiger partial charge in [-0.3, -0.25) is 14.4 Å². The molecule has 0 radical (unpaired) electrons. The van der Waals surface area contributed by atoms with Gasteiger partial charge in [0.05, 0.1) is 12.0 Å². The summed E-state index contributed by atoms with van der Waals surface area (Å²) in [6.45, 7) is 3.71. The lowest BCUT2D eigenvalue weighted by molar-refractivity contribution is -0.141. The summed E-state index contributed by atoms with van der Waals surface area (Å²) in [6, 6.07) is 0.0772. The molecule has 1 unspecified atom stereocenters. The molecule has 120 valence electrons. The molecule has 3 rings (SSSR count). The van der Waals surface area contributed by atoms with Crippen LogP contribution in [-0.2, 0) is 14.4 Å². The van der Waals surface area contributed by atoms with Crippen molar-refractivity contribution < 1.29 is 14.4 Å². The molecular formula is C16H23N3O3. The van der Waals surface area contributed by atoms with Crippen LogP contribution in [0.5, 0.6) is 0 Å². The Balaban J connectivity index is 1.55. The standard InChI is InChI=1S/C16H23N3O3/c1-10-4-3-5-13(10)16(22)18-8-12(9-18)19-7-11(6-14(19)20)15(21)17-2/h11-12H,3-9H2,1-2H3,(H,17,21). The van der Waals surface area contributed by atoms with Crippen molar-refractivity contribution in [1.29, 1.82) is 0 Å². The Morgan fingerprint density at radius 1 is 1.18 bits per heavy atom. The van der Waals surface area contributed by atoms with Crippen molar-refractivity contribution in [1.82, 2.24) is 15.1 Å². The zero-order valence-electron chi connectivity index (χ0n) is 13.2. The number of likely N-dealkylation sites (tertiary alicyclic amines) is 2. The minimum absolute atomic E-state index is 0.0296. The Labute approximate surface area is 130 Å². The monoisotopic (exact) mass is 305 g/mol. The third-order valence-electron chi connectivity index (χ3n) is 5.12. The fraction of sp³-hybridized carbons (Fsp3) is 0.688. The summed E-state index contributed by atoms with van der Waals surface area (Å²) in [7, 11) is 1.59. The molecule has 0 aromatic carbocycles. The lowest BCUT2D eigenvalue weighted by Gasteiger charge is -2.44. The van der Waals surface area contributed by atoms with Crippen LogP contribution in [0, 0.1) is 5.92 Å². The van der Waals surface area contributed by atoms with E-state index >= 15 is 0 Å². The fourth-order valence-electron chi connectivity index (χ4n) is 3.66. The van der Waals surface area contributed by atoms with Crippen molar-refractivity contribution in [2.24, 2.45) is 5.92 Å². The second kappa shape index (κ2) is 5.74. The van der Waals surface area contributed by atoms with Gasteiger partial charge in [0.1, 0.15) is 0 Å². The summed E-state index contributed by atoms with van der Waals surface area (Å²) in [5, 5.41) is 2.60. The second-order valence-corrected chi connectivity index (χ2v) is 6.54. The van der Waals surface area contributed by atoms with Gasteiger partial charge >= 0.3 is 0 Å². The summed E-state index contributed by atoms with van der Waals surface area (Å²) >= 11 is 0. The number of nitrogens with one attached hydrogen (secondary N) is 1. The summed E-state index contributed by atoms with van der Waals surface area (Å²) in [5.74, 6) is -0.153. The van der Waals surface area contributed by atoms with E-state index in [-0.39, 0.29) is 36.1 Å². The highest BCUT2D eigenvalue weighted by atomic mass is 16.2. The van der Waals surface area contributed by atoms with E-state index in [1.54, 1.807) is 11.9 Å². The maximum Gasteiger partial charge on any atom is 0.249 e. The SMILES string of the molecule is CNC(=O)C1CC(=O)N(C2CN(C(=O)C3=C(C)CCC3)C2)C1. The summed E-state index contributed by atoms with van der Waals surface area (Å²) in [4.78, 5) is 39.7. The molecule has 1 N–H and O–H groups in total. The molecule has 6 nitrogen and oxygen atoms in total. The molecule has 2 aliphatic heterocycles. The van der Waals surface area contributed by atoms with Crippen molar-refractivity contribution >= 4 is 17.7 Å². The molecule has 0 aromatic rings. The van der Waals surface area contributed by atoms with Crippen LogP contribution in [0.25, 0.3) is 0 Å². The summed E-state index contributed by atoms with van der Waals surface area (Å²) in [5.41, 5.74) is 2.18. The zero-order valence-corrected chi connectivity index (χ0v) is 13.2. The maximum absolute atomic E-state index is 12.4. The van der Waals surface area contributed by atoms with Crippen LogP contribution < -0.4 is 5.32 Å². The number of hydrogen-bond donors (Lipinski definition) is 1. The van der Waals surface area contributed by atoms with E-state index < -0.39 is 0 Å². The van der Waals surface area contributed by atoms with Crippen LogP contribution in [0.4, 0.5) is 0 Å². The smallest absolute Gasteiger partial charge is 0.249 e. The van der Waals surface area contributed by atoms with Gasteiger partial charge < -0.3 is 15.1 Å². The topological polar surface area (TPSA) is 69.7 Å². The van der Waals surface area contributed by atoms with Gasteiger partial charge in [-0.2, -0.15) is 0 Å². The minimum Gasteiger partial charge on any atom is -0.359 e. The number of nitrogens with zero attached hydrogens (tertiary/aromatic N) is 2. The first-order valence-electron chi connectivity index (χ1n) is 8.00. The summed E-state index contributed by atoms with van der Waals surface area (Å²) in [6.07, 6.45) is 3.26. The fourth-order valence-corrected chi connectivity index (χ4v) is 3.66. The minimum atomic E-state index is -0.248. The molecular weight excluding hydrogens is 282 g/mol. The number of carbonyl (C=O) groups is 3. The van der Waals surface area contributed by atoms with Crippen LogP contribution >= 0.6 is 0 Å². The number of allylic oxidation sites excluding steroid dienone is 1. The van der Waals surface area contributed by atoms with Gasteiger partial charge in [0.25, 0.3) is 0 Å². The van der Waals surface area contributed by atoms with E-state index in [4.69, 9.17) is 0 Å². The van der Waals surface area contributed by atoms with E-state index in [2.05, 4.69) is 5.32 Å². The lowest BCUT2D eigenvalue weighted by atomic mass is 10.0. The molecule has 0 aromatic heterocycles. The molecule has 3 aliphatic rings. The van der Waals surface area contributed by atoms with Crippen LogP contribution in [-0.4, -0.2) is 60.2 Å². The third kappa shape index (κ3) is 2.51. The van der Waals surface area contributed by atoms with Crippen molar-refractivity contribution in [3.63, 3.8) is 0 Å². The van der Waals surface area contributed by atoms with Crippen molar-refractivity contribution in [3.05, 3.63) is 11.1 Å². The average Bonchev–Trinajstić information content (AvgIpc) is 3.03. The predicted octanol–water partition coefficient (Wildman–Crippen LogP) is 0.292. The molecule has 0 spiro atoms. The number of carbonyl (C=O) groups excluding carboxylic acids is 3. The van der Waals surface area contributed by atoms with Crippen molar-refractivity contribution in [2.75, 3.05) is 26.7 Å². The third-order valence-corrected chi connectivity index (χ3v) is 5.12. The molecule has 0 saturated carbocycles. The Hall–Kier alpha value is -1.85. The molecule has 6 heteroatoms. The van der Waals surface area contributed by atoms with E-state index in [0.29, 0.717) is 19.6 Å². The van der Waals surface area contributed by atoms with Crippen molar-refractivity contribution in [2.45, 2.75) is 38.6 Å². The van der Waals surface area contributed by atoms with Gasteiger partial charge in [0.15, 0.2) is 0 Å². The highest BCUT2D eigenvalue weighted by molar-refractivity contribution is 5.95. The average molecular weight is 305 g/mol. The van der Waals surface area contributed by atoms with Gasteiger partial charge in [-0.1, -0.05) is 5.57 Å². The maximum atomic E-state index is 12.4. The number of rotatable bonds is 3. The first-order valence-corrected chi connectivity index (χ1v) is 8.00. The van der Waals surface area contributed by atoms with E-state index in [0.717, 1.165) is 24.8 Å². The van der Waals surface area contributed by atoms with Crippen LogP contribution in [0.2, 0.25) is 0 Å². The van der Waals surface area contributed by atoms with Crippen LogP contribution in [0.1, 0.15) is 32.6 Å². The van der Waals surface area contributed by atoms with Gasteiger partial charge in [-0.25, -0.2) is 0 Å². The van der Waals surface area contributed by atoms with Gasteiger partial charge in [0.2, 0.25) is 17.7 Å². The van der Waals surface area contributed by atoms with Gasteiger partial charge in [-0.05, 0) is 26.2 Å². The molecule has 22 heavy (non-hydrogen) atoms. The number of amides is 3. The Morgan fingerprint density at radius 3 is 2.50 bits per heavy atom. The molecule has 1 aliphatic carbocycles. The Bertz CT molecular complexity index is 549. The first kappa shape index (κ1) is 15.1. The molecule has 0 bridgehead atoms. The van der Waals surface area contributed by atoms with E-state index in [9.17, 15) is 14.4 Å². The molecule has 2 saturated heterocycles.